The van der Waals surface area contributed by atoms with Crippen molar-refractivity contribution in [2.24, 2.45) is 5.92 Å². The summed E-state index contributed by atoms with van der Waals surface area (Å²) in [4.78, 5) is 15.6. The number of nitrogens with one attached hydrogen (secondary N) is 1. The molecule has 1 N–H and O–H groups in total. The maximum Gasteiger partial charge on any atom is 0.249 e. The van der Waals surface area contributed by atoms with Gasteiger partial charge in [0.25, 0.3) is 0 Å². The first-order valence-corrected chi connectivity index (χ1v) is 5.09. The van der Waals surface area contributed by atoms with E-state index in [9.17, 15) is 13.6 Å². The zero-order chi connectivity index (χ0) is 11.8. The molecule has 0 unspecified atom stereocenters. The molecule has 1 aromatic rings. The molecule has 0 spiro atoms. The summed E-state index contributed by atoms with van der Waals surface area (Å²) >= 11 is 0. The molecule has 1 saturated carbocycles. The molecule has 0 atom stereocenters. The van der Waals surface area contributed by atoms with Crippen molar-refractivity contribution in [1.29, 1.82) is 0 Å². The van der Waals surface area contributed by atoms with Crippen molar-refractivity contribution in [3.05, 3.63) is 23.9 Å². The predicted octanol–water partition coefficient (Wildman–Crippen LogP) is 2.37. The van der Waals surface area contributed by atoms with Gasteiger partial charge >= 0.3 is 0 Å². The van der Waals surface area contributed by atoms with E-state index in [0.29, 0.717) is 5.82 Å². The molecule has 0 aromatic carbocycles. The van der Waals surface area contributed by atoms with Gasteiger partial charge in [-0.15, -0.1) is 0 Å². The van der Waals surface area contributed by atoms with Crippen LogP contribution in [-0.2, 0) is 4.79 Å². The molecule has 1 fully saturated rings. The van der Waals surface area contributed by atoms with Gasteiger partial charge in [-0.3, -0.25) is 4.79 Å². The Balaban J connectivity index is 1.94. The molecule has 1 aliphatic rings. The highest BCUT2D eigenvalue weighted by atomic mass is 19.3. The lowest BCUT2D eigenvalue weighted by molar-refractivity contribution is -0.145. The number of carbonyl (C=O) groups is 1. The van der Waals surface area contributed by atoms with Gasteiger partial charge in [-0.2, -0.15) is 0 Å². The van der Waals surface area contributed by atoms with Crippen LogP contribution in [0.5, 0.6) is 0 Å². The normalized spacial score (nSPS) is 18.9. The lowest BCUT2D eigenvalue weighted by atomic mass is 9.81. The second-order valence-electron chi connectivity index (χ2n) is 4.11. The van der Waals surface area contributed by atoms with Crippen molar-refractivity contribution in [2.75, 3.05) is 5.32 Å². The number of amides is 1. The number of nitrogens with zero attached hydrogens (tertiary/aromatic N) is 1. The first-order chi connectivity index (χ1) is 7.46. The van der Waals surface area contributed by atoms with E-state index in [0.717, 1.165) is 5.69 Å². The van der Waals surface area contributed by atoms with E-state index in [4.69, 9.17) is 0 Å². The Kier molecular flexibility index (Phi) is 2.61. The van der Waals surface area contributed by atoms with Crippen LogP contribution in [-0.4, -0.2) is 16.8 Å². The van der Waals surface area contributed by atoms with Crippen LogP contribution in [0.2, 0.25) is 0 Å². The van der Waals surface area contributed by atoms with Crippen LogP contribution in [0, 0.1) is 12.8 Å². The van der Waals surface area contributed by atoms with Gasteiger partial charge in [-0.25, -0.2) is 13.8 Å². The molecule has 16 heavy (non-hydrogen) atoms. The Hall–Kier alpha value is -1.52. The summed E-state index contributed by atoms with van der Waals surface area (Å²) in [6, 6.07) is 5.20. The number of rotatable bonds is 2. The second kappa shape index (κ2) is 3.81. The SMILES string of the molecule is Cc1cccc(NC(=O)C2CC(F)(F)C2)n1. The number of alkyl halides is 2. The van der Waals surface area contributed by atoms with Crippen LogP contribution in [0.3, 0.4) is 0 Å². The van der Waals surface area contributed by atoms with Crippen molar-refractivity contribution in [3.63, 3.8) is 0 Å². The van der Waals surface area contributed by atoms with E-state index in [2.05, 4.69) is 10.3 Å². The molecule has 1 aliphatic carbocycles. The number of anilines is 1. The average Bonchev–Trinajstić information content (AvgIpc) is 2.13. The monoisotopic (exact) mass is 226 g/mol. The number of hydrogen-bond donors (Lipinski definition) is 1. The summed E-state index contributed by atoms with van der Waals surface area (Å²) in [6.45, 7) is 1.80. The molecule has 0 saturated heterocycles. The number of aromatic nitrogens is 1. The van der Waals surface area contributed by atoms with Crippen molar-refractivity contribution >= 4 is 11.7 Å². The van der Waals surface area contributed by atoms with Crippen LogP contribution in [0.15, 0.2) is 18.2 Å². The molecule has 3 nitrogen and oxygen atoms in total. The maximum absolute atomic E-state index is 12.6. The smallest absolute Gasteiger partial charge is 0.249 e. The molecule has 1 heterocycles. The van der Waals surface area contributed by atoms with Gasteiger partial charge in [-0.05, 0) is 19.1 Å². The highest BCUT2D eigenvalue weighted by Gasteiger charge is 2.48. The zero-order valence-electron chi connectivity index (χ0n) is 8.84. The maximum atomic E-state index is 12.6. The van der Waals surface area contributed by atoms with Crippen molar-refractivity contribution in [3.8, 4) is 0 Å². The lowest BCUT2D eigenvalue weighted by Gasteiger charge is -2.33. The van der Waals surface area contributed by atoms with E-state index >= 15 is 0 Å². The molecule has 0 aliphatic heterocycles. The van der Waals surface area contributed by atoms with Gasteiger partial charge in [0.15, 0.2) is 0 Å². The lowest BCUT2D eigenvalue weighted by Crippen LogP contribution is -2.42. The number of halogens is 2. The molecule has 1 amide bonds. The number of hydrogen-bond acceptors (Lipinski definition) is 2. The molecule has 5 heteroatoms. The molecule has 1 aromatic heterocycles. The van der Waals surface area contributed by atoms with Gasteiger partial charge in [-0.1, -0.05) is 6.07 Å². The van der Waals surface area contributed by atoms with Crippen molar-refractivity contribution in [2.45, 2.75) is 25.7 Å². The van der Waals surface area contributed by atoms with E-state index in [-0.39, 0.29) is 18.7 Å². The fourth-order valence-corrected chi connectivity index (χ4v) is 1.69. The van der Waals surface area contributed by atoms with Crippen LogP contribution in [0.1, 0.15) is 18.5 Å². The zero-order valence-corrected chi connectivity index (χ0v) is 8.84. The minimum Gasteiger partial charge on any atom is -0.310 e. The van der Waals surface area contributed by atoms with Gasteiger partial charge in [0, 0.05) is 24.5 Å². The van der Waals surface area contributed by atoms with Crippen LogP contribution >= 0.6 is 0 Å². The Morgan fingerprint density at radius 3 is 2.75 bits per heavy atom. The first kappa shape index (κ1) is 11.0. The number of carbonyl (C=O) groups excluding carboxylic acids is 1. The highest BCUT2D eigenvalue weighted by Crippen LogP contribution is 2.42. The predicted molar refractivity (Wildman–Crippen MR) is 55.3 cm³/mol. The Labute approximate surface area is 91.9 Å². The molecule has 86 valence electrons. The quantitative estimate of drug-likeness (QED) is 0.841. The first-order valence-electron chi connectivity index (χ1n) is 5.09. The van der Waals surface area contributed by atoms with Gasteiger partial charge in [0.1, 0.15) is 5.82 Å². The molecule has 0 radical (unpaired) electrons. The van der Waals surface area contributed by atoms with Crippen molar-refractivity contribution in [1.82, 2.24) is 4.98 Å². The van der Waals surface area contributed by atoms with Crippen molar-refractivity contribution < 1.29 is 13.6 Å². The van der Waals surface area contributed by atoms with Crippen LogP contribution in [0.25, 0.3) is 0 Å². The highest BCUT2D eigenvalue weighted by molar-refractivity contribution is 5.92. The third kappa shape index (κ3) is 2.35. The summed E-state index contributed by atoms with van der Waals surface area (Å²) in [7, 11) is 0. The van der Waals surface area contributed by atoms with Gasteiger partial charge in [0.2, 0.25) is 11.8 Å². The average molecular weight is 226 g/mol. The Bertz CT molecular complexity index is 412. The third-order valence-electron chi connectivity index (χ3n) is 2.60. The van der Waals surface area contributed by atoms with Gasteiger partial charge < -0.3 is 5.32 Å². The molecule has 0 bridgehead atoms. The summed E-state index contributed by atoms with van der Waals surface area (Å²) < 4.78 is 25.1. The Morgan fingerprint density at radius 1 is 1.50 bits per heavy atom. The minimum atomic E-state index is -2.66. The van der Waals surface area contributed by atoms with E-state index < -0.39 is 11.8 Å². The summed E-state index contributed by atoms with van der Waals surface area (Å²) in [5.41, 5.74) is 0.775. The minimum absolute atomic E-state index is 0.356. The topological polar surface area (TPSA) is 42.0 Å². The molecular weight excluding hydrogens is 214 g/mol. The van der Waals surface area contributed by atoms with Crippen LogP contribution < -0.4 is 5.32 Å². The van der Waals surface area contributed by atoms with E-state index in [1.807, 2.05) is 0 Å². The number of aryl methyl sites for hydroxylation is 1. The van der Waals surface area contributed by atoms with E-state index in [1.165, 1.54) is 0 Å². The fourth-order valence-electron chi connectivity index (χ4n) is 1.69. The largest absolute Gasteiger partial charge is 0.310 e. The van der Waals surface area contributed by atoms with E-state index in [1.54, 1.807) is 25.1 Å². The summed E-state index contributed by atoms with van der Waals surface area (Å²) in [6.07, 6.45) is -0.713. The third-order valence-corrected chi connectivity index (χ3v) is 2.60. The van der Waals surface area contributed by atoms with Gasteiger partial charge in [0.05, 0.1) is 0 Å². The molecular formula is C11H12F2N2O. The van der Waals surface area contributed by atoms with Crippen LogP contribution in [0.4, 0.5) is 14.6 Å². The summed E-state index contributed by atoms with van der Waals surface area (Å²) in [5, 5.41) is 2.54. The standard InChI is InChI=1S/C11H12F2N2O/c1-7-3-2-4-9(14-7)15-10(16)8-5-11(12,13)6-8/h2-4,8H,5-6H2,1H3,(H,14,15,16). The summed E-state index contributed by atoms with van der Waals surface area (Å²) in [5.74, 6) is -3.20. The molecule has 2 rings (SSSR count). The fraction of sp³-hybridized carbons (Fsp3) is 0.455. The second-order valence-corrected chi connectivity index (χ2v) is 4.11. The number of pyridine rings is 1. The Morgan fingerprint density at radius 2 is 2.19 bits per heavy atom.